The molecule has 0 bridgehead atoms. The van der Waals surface area contributed by atoms with E-state index in [9.17, 15) is 0 Å². The van der Waals surface area contributed by atoms with Crippen molar-refractivity contribution in [2.45, 2.75) is 5.41 Å². The van der Waals surface area contributed by atoms with Crippen LogP contribution in [-0.2, 0) is 5.41 Å². The summed E-state index contributed by atoms with van der Waals surface area (Å²) < 4.78 is 7.04. The molecule has 1 atom stereocenters. The summed E-state index contributed by atoms with van der Waals surface area (Å²) >= 11 is 0. The highest BCUT2D eigenvalue weighted by Crippen LogP contribution is 2.61. The van der Waals surface area contributed by atoms with Crippen molar-refractivity contribution >= 4 is 38.6 Å². The van der Waals surface area contributed by atoms with E-state index in [-0.39, 0.29) is 0 Å². The van der Waals surface area contributed by atoms with Gasteiger partial charge in [-0.3, -0.25) is 0 Å². The molecule has 248 valence electrons. The molecule has 2 nitrogen and oxygen atoms in total. The highest BCUT2D eigenvalue weighted by Gasteiger charge is 2.49. The molecule has 0 saturated carbocycles. The Bertz CT molecular complexity index is 2870. The van der Waals surface area contributed by atoms with Crippen LogP contribution in [0.1, 0.15) is 22.3 Å². The number of nitrogens with zero attached hydrogens (tertiary/aromatic N) is 1. The minimum absolute atomic E-state index is 0.584. The number of ether oxygens (including phenoxy) is 1. The molecule has 1 unspecified atom stereocenters. The second-order valence-corrected chi connectivity index (χ2v) is 14.0. The van der Waals surface area contributed by atoms with Gasteiger partial charge in [-0.1, -0.05) is 170 Å². The molecule has 1 spiro atoms. The number of anilines is 3. The van der Waals surface area contributed by atoms with Crippen molar-refractivity contribution in [1.29, 1.82) is 0 Å². The van der Waals surface area contributed by atoms with Gasteiger partial charge in [-0.25, -0.2) is 0 Å². The fraction of sp³-hybridized carbons (Fsp3) is 0.0196. The third kappa shape index (κ3) is 4.27. The number of rotatable bonds is 4. The quantitative estimate of drug-likeness (QED) is 0.184. The van der Waals surface area contributed by atoms with Crippen molar-refractivity contribution in [2.75, 3.05) is 4.90 Å². The summed E-state index contributed by atoms with van der Waals surface area (Å²) in [7, 11) is 0. The van der Waals surface area contributed by atoms with E-state index in [1.54, 1.807) is 0 Å². The molecule has 2 heteroatoms. The first-order valence-electron chi connectivity index (χ1n) is 18.3. The summed E-state index contributed by atoms with van der Waals surface area (Å²) in [5, 5.41) is 4.92. The molecule has 0 radical (unpaired) electrons. The summed E-state index contributed by atoms with van der Waals surface area (Å²) in [5.41, 5.74) is 12.4. The Balaban J connectivity index is 1.23. The maximum absolute atomic E-state index is 7.04. The number of fused-ring (bicyclic) bond motifs is 9. The lowest BCUT2D eigenvalue weighted by atomic mass is 9.58. The summed E-state index contributed by atoms with van der Waals surface area (Å²) in [6.45, 7) is 0. The molecule has 9 aromatic rings. The fourth-order valence-corrected chi connectivity index (χ4v) is 9.15. The summed E-state index contributed by atoms with van der Waals surface area (Å²) in [4.78, 5) is 2.41. The van der Waals surface area contributed by atoms with E-state index in [0.29, 0.717) is 0 Å². The van der Waals surface area contributed by atoms with Crippen LogP contribution in [0.4, 0.5) is 17.1 Å². The Morgan fingerprint density at radius 1 is 0.377 bits per heavy atom. The van der Waals surface area contributed by atoms with E-state index in [4.69, 9.17) is 4.74 Å². The lowest BCUT2D eigenvalue weighted by Gasteiger charge is -2.45. The third-order valence-electron chi connectivity index (χ3n) is 11.3. The zero-order chi connectivity index (χ0) is 34.9. The molecule has 53 heavy (non-hydrogen) atoms. The lowest BCUT2D eigenvalue weighted by Crippen LogP contribution is -2.36. The monoisotopic (exact) mass is 675 g/mol. The Labute approximate surface area is 308 Å². The normalized spacial score (nSPS) is 15.0. The van der Waals surface area contributed by atoms with Crippen LogP contribution >= 0.6 is 0 Å². The van der Waals surface area contributed by atoms with Crippen molar-refractivity contribution in [2.24, 2.45) is 0 Å². The highest BCUT2D eigenvalue weighted by molar-refractivity contribution is 6.07. The van der Waals surface area contributed by atoms with Crippen molar-refractivity contribution in [3.63, 3.8) is 0 Å². The van der Waals surface area contributed by atoms with Gasteiger partial charge >= 0.3 is 0 Å². The van der Waals surface area contributed by atoms with Gasteiger partial charge in [0, 0.05) is 39.5 Å². The predicted octanol–water partition coefficient (Wildman–Crippen LogP) is 13.6. The van der Waals surface area contributed by atoms with Crippen molar-refractivity contribution in [1.82, 2.24) is 0 Å². The molecule has 1 aliphatic heterocycles. The van der Waals surface area contributed by atoms with Gasteiger partial charge in [-0.2, -0.15) is 0 Å². The molecule has 1 aliphatic carbocycles. The average molecular weight is 676 g/mol. The predicted molar refractivity (Wildman–Crippen MR) is 219 cm³/mol. The number of benzene rings is 9. The lowest BCUT2D eigenvalue weighted by molar-refractivity contribution is 0.435. The third-order valence-corrected chi connectivity index (χ3v) is 11.3. The minimum atomic E-state index is -0.584. The van der Waals surface area contributed by atoms with E-state index in [1.165, 1.54) is 49.4 Å². The van der Waals surface area contributed by atoms with Crippen LogP contribution < -0.4 is 9.64 Å². The average Bonchev–Trinajstić information content (AvgIpc) is 3.23. The van der Waals surface area contributed by atoms with Crippen molar-refractivity contribution < 1.29 is 4.74 Å². The molecule has 0 aromatic heterocycles. The van der Waals surface area contributed by atoms with E-state index in [0.717, 1.165) is 45.3 Å². The zero-order valence-corrected chi connectivity index (χ0v) is 28.9. The first-order valence-corrected chi connectivity index (χ1v) is 18.3. The minimum Gasteiger partial charge on any atom is -0.457 e. The van der Waals surface area contributed by atoms with Gasteiger partial charge < -0.3 is 9.64 Å². The molecular weight excluding hydrogens is 643 g/mol. The van der Waals surface area contributed by atoms with Gasteiger partial charge in [0.1, 0.15) is 11.5 Å². The highest BCUT2D eigenvalue weighted by atomic mass is 16.5. The van der Waals surface area contributed by atoms with E-state index < -0.39 is 5.41 Å². The van der Waals surface area contributed by atoms with Gasteiger partial charge in [0.05, 0.1) is 11.1 Å². The number of hydrogen-bond acceptors (Lipinski definition) is 2. The SMILES string of the molecule is c1ccc(-c2ccc3ccccc3c2N(c2ccccc2)c2ccc3c(c2)Oc2ccccc2C32c3ccccc3-c3cccc4cccc2c34)cc1. The first kappa shape index (κ1) is 29.8. The van der Waals surface area contributed by atoms with Crippen LogP contribution in [0.25, 0.3) is 43.8 Å². The van der Waals surface area contributed by atoms with Crippen molar-refractivity contribution in [3.8, 4) is 33.8 Å². The van der Waals surface area contributed by atoms with Gasteiger partial charge in [0.15, 0.2) is 0 Å². The Hall–Kier alpha value is -6.90. The van der Waals surface area contributed by atoms with Gasteiger partial charge in [-0.15, -0.1) is 0 Å². The van der Waals surface area contributed by atoms with E-state index >= 15 is 0 Å². The number of hydrogen-bond donors (Lipinski definition) is 0. The first-order chi connectivity index (χ1) is 26.3. The molecule has 9 aromatic carbocycles. The second-order valence-electron chi connectivity index (χ2n) is 14.0. The van der Waals surface area contributed by atoms with Crippen LogP contribution in [0.2, 0.25) is 0 Å². The maximum Gasteiger partial charge on any atom is 0.134 e. The molecule has 1 heterocycles. The van der Waals surface area contributed by atoms with Crippen LogP contribution in [-0.4, -0.2) is 0 Å². The molecule has 0 fully saturated rings. The van der Waals surface area contributed by atoms with Crippen LogP contribution in [0.15, 0.2) is 200 Å². The Morgan fingerprint density at radius 2 is 1.02 bits per heavy atom. The largest absolute Gasteiger partial charge is 0.457 e. The van der Waals surface area contributed by atoms with Gasteiger partial charge in [0.25, 0.3) is 0 Å². The second kappa shape index (κ2) is 11.6. The fourth-order valence-electron chi connectivity index (χ4n) is 9.15. The molecule has 0 N–H and O–H groups in total. The summed E-state index contributed by atoms with van der Waals surface area (Å²) in [5.74, 6) is 1.74. The topological polar surface area (TPSA) is 12.5 Å². The van der Waals surface area contributed by atoms with Crippen molar-refractivity contribution in [3.05, 3.63) is 222 Å². The summed E-state index contributed by atoms with van der Waals surface area (Å²) in [6, 6.07) is 72.6. The van der Waals surface area contributed by atoms with Gasteiger partial charge in [0.2, 0.25) is 0 Å². The van der Waals surface area contributed by atoms with Crippen LogP contribution in [0.5, 0.6) is 11.5 Å². The summed E-state index contributed by atoms with van der Waals surface area (Å²) in [6.07, 6.45) is 0. The maximum atomic E-state index is 7.04. The van der Waals surface area contributed by atoms with Crippen LogP contribution in [0, 0.1) is 0 Å². The smallest absolute Gasteiger partial charge is 0.134 e. The molecule has 0 saturated heterocycles. The molecule has 11 rings (SSSR count). The molecule has 0 amide bonds. The molecule has 2 aliphatic rings. The zero-order valence-electron chi connectivity index (χ0n) is 28.9. The van der Waals surface area contributed by atoms with E-state index in [2.05, 4.69) is 205 Å². The molecular formula is C51H33NO. The Kier molecular flexibility index (Phi) is 6.50. The number of para-hydroxylation sites is 2. The van der Waals surface area contributed by atoms with E-state index in [1.807, 2.05) is 0 Å². The standard InChI is InChI=1S/C51H33NO/c1-3-15-34(16-4-1)40-31-29-35-17-7-8-22-39(35)50(40)52(37-20-5-2-6-21-37)38-30-32-45-48(33-38)53-47-28-12-11-26-44(47)51(45)43-25-10-9-23-41(43)42-24-13-18-36-19-14-27-46(51)49(36)42/h1-33H. The van der Waals surface area contributed by atoms with Gasteiger partial charge in [-0.05, 0) is 68.2 Å². The van der Waals surface area contributed by atoms with Crippen LogP contribution in [0.3, 0.4) is 0 Å². The Morgan fingerprint density at radius 3 is 1.89 bits per heavy atom.